The van der Waals surface area contributed by atoms with Crippen LogP contribution < -0.4 is 5.32 Å². The molecule has 2 fully saturated rings. The van der Waals surface area contributed by atoms with E-state index in [1.807, 2.05) is 42.6 Å². The highest BCUT2D eigenvalue weighted by atomic mass is 16.4. The Hall–Kier alpha value is -2.89. The summed E-state index contributed by atoms with van der Waals surface area (Å²) in [7, 11) is 0. The number of amides is 2. The normalized spacial score (nSPS) is 23.9. The Labute approximate surface area is 158 Å². The monoisotopic (exact) mass is 365 g/mol. The first-order chi connectivity index (χ1) is 13.1. The molecule has 4 rings (SSSR count). The summed E-state index contributed by atoms with van der Waals surface area (Å²) in [6.07, 6.45) is 6.05. The molecule has 2 aromatic rings. The van der Waals surface area contributed by atoms with Gasteiger partial charge in [-0.15, -0.1) is 0 Å². The molecular formula is C21H23N3O3. The van der Waals surface area contributed by atoms with Gasteiger partial charge < -0.3 is 15.3 Å². The fraction of sp³-hybridized carbons (Fsp3) is 0.381. The van der Waals surface area contributed by atoms with E-state index in [1.54, 1.807) is 11.1 Å². The van der Waals surface area contributed by atoms with Gasteiger partial charge in [0.2, 0.25) is 0 Å². The van der Waals surface area contributed by atoms with Crippen molar-refractivity contribution in [1.82, 2.24) is 15.2 Å². The topological polar surface area (TPSA) is 82.5 Å². The van der Waals surface area contributed by atoms with Crippen LogP contribution in [0.4, 0.5) is 4.79 Å². The molecule has 6 nitrogen and oxygen atoms in total. The lowest BCUT2D eigenvalue weighted by Crippen LogP contribution is -2.41. The number of nitrogens with one attached hydrogen (secondary N) is 1. The number of carboxylic acid groups (broad SMARTS) is 1. The lowest BCUT2D eigenvalue weighted by molar-refractivity contribution is -0.149. The quantitative estimate of drug-likeness (QED) is 0.872. The Balaban J connectivity index is 1.40. The fourth-order valence-corrected chi connectivity index (χ4v) is 4.48. The second kappa shape index (κ2) is 7.02. The number of hydrogen-bond donors (Lipinski definition) is 2. The zero-order valence-corrected chi connectivity index (χ0v) is 15.1. The molecule has 140 valence electrons. The van der Waals surface area contributed by atoms with Gasteiger partial charge in [-0.25, -0.2) is 4.79 Å². The molecule has 2 aliphatic rings. The number of carboxylic acids is 1. The predicted molar refractivity (Wildman–Crippen MR) is 101 cm³/mol. The summed E-state index contributed by atoms with van der Waals surface area (Å²) in [5, 5.41) is 12.6. The van der Waals surface area contributed by atoms with E-state index in [1.165, 1.54) is 0 Å². The van der Waals surface area contributed by atoms with Crippen LogP contribution in [0, 0.1) is 11.3 Å². The highest BCUT2D eigenvalue weighted by Crippen LogP contribution is 2.48. The van der Waals surface area contributed by atoms with Gasteiger partial charge in [0.1, 0.15) is 0 Å². The molecule has 1 aromatic heterocycles. The minimum absolute atomic E-state index is 0.0784. The lowest BCUT2D eigenvalue weighted by atomic mass is 9.81. The molecular weight excluding hydrogens is 342 g/mol. The van der Waals surface area contributed by atoms with Crippen LogP contribution in [0.25, 0.3) is 11.1 Å². The maximum Gasteiger partial charge on any atom is 0.317 e. The number of aromatic nitrogens is 1. The first kappa shape index (κ1) is 17.5. The summed E-state index contributed by atoms with van der Waals surface area (Å²) >= 11 is 0. The predicted octanol–water partition coefficient (Wildman–Crippen LogP) is 3.14. The number of rotatable bonds is 4. The molecule has 0 spiro atoms. The van der Waals surface area contributed by atoms with E-state index in [4.69, 9.17) is 0 Å². The summed E-state index contributed by atoms with van der Waals surface area (Å²) in [5.74, 6) is -0.681. The molecule has 1 aliphatic carbocycles. The number of likely N-dealkylation sites (tertiary alicyclic amines) is 1. The second-order valence-electron chi connectivity index (χ2n) is 7.53. The van der Waals surface area contributed by atoms with Crippen molar-refractivity contribution in [2.24, 2.45) is 11.3 Å². The number of hydrogen-bond acceptors (Lipinski definition) is 3. The molecule has 1 saturated heterocycles. The lowest BCUT2D eigenvalue weighted by Gasteiger charge is -2.23. The van der Waals surface area contributed by atoms with Crippen LogP contribution in [0.3, 0.4) is 0 Å². The molecule has 1 aromatic carbocycles. The number of carbonyl (C=O) groups excluding carboxylic acids is 1. The van der Waals surface area contributed by atoms with Crippen molar-refractivity contribution in [3.05, 3.63) is 54.4 Å². The summed E-state index contributed by atoms with van der Waals surface area (Å²) in [4.78, 5) is 30.2. The Morgan fingerprint density at radius 3 is 2.85 bits per heavy atom. The maximum absolute atomic E-state index is 12.6. The number of nitrogens with zero attached hydrogens (tertiary/aromatic N) is 2. The SMILES string of the molecule is O=C(NCc1cccc(-c2cccnc2)c1)N1C[C@@H]2CCC[C@@]2(C(=O)O)C1. The van der Waals surface area contributed by atoms with E-state index in [0.29, 0.717) is 26.1 Å². The van der Waals surface area contributed by atoms with Crippen molar-refractivity contribution in [2.45, 2.75) is 25.8 Å². The van der Waals surface area contributed by atoms with Gasteiger partial charge in [0.15, 0.2) is 0 Å². The van der Waals surface area contributed by atoms with Gasteiger partial charge in [-0.05, 0) is 47.6 Å². The third-order valence-corrected chi connectivity index (χ3v) is 5.95. The van der Waals surface area contributed by atoms with Crippen molar-refractivity contribution in [3.8, 4) is 11.1 Å². The average molecular weight is 365 g/mol. The van der Waals surface area contributed by atoms with Crippen LogP contribution in [-0.2, 0) is 11.3 Å². The number of pyridine rings is 1. The maximum atomic E-state index is 12.6. The first-order valence-corrected chi connectivity index (χ1v) is 9.34. The van der Waals surface area contributed by atoms with Gasteiger partial charge in [-0.2, -0.15) is 0 Å². The van der Waals surface area contributed by atoms with Crippen LogP contribution in [0.1, 0.15) is 24.8 Å². The van der Waals surface area contributed by atoms with E-state index < -0.39 is 11.4 Å². The molecule has 2 amide bonds. The van der Waals surface area contributed by atoms with Crippen molar-refractivity contribution in [2.75, 3.05) is 13.1 Å². The van der Waals surface area contributed by atoms with Crippen molar-refractivity contribution in [1.29, 1.82) is 0 Å². The standard InChI is InChI=1S/C21H23N3O3/c25-19(26)21-8-2-7-18(21)13-24(14-21)20(27)23-11-15-4-1-5-16(10-15)17-6-3-9-22-12-17/h1,3-6,9-10,12,18H,2,7-8,11,13-14H2,(H,23,27)(H,25,26)/t18-,21+/m0/s1. The van der Waals surface area contributed by atoms with Gasteiger partial charge in [0.25, 0.3) is 0 Å². The summed E-state index contributed by atoms with van der Waals surface area (Å²) in [5.41, 5.74) is 2.34. The molecule has 27 heavy (non-hydrogen) atoms. The average Bonchev–Trinajstić information content (AvgIpc) is 3.26. The third kappa shape index (κ3) is 3.27. The zero-order chi connectivity index (χ0) is 18.9. The molecule has 0 unspecified atom stereocenters. The van der Waals surface area contributed by atoms with Gasteiger partial charge >= 0.3 is 12.0 Å². The van der Waals surface area contributed by atoms with Gasteiger partial charge in [0.05, 0.1) is 5.41 Å². The number of benzene rings is 1. The Morgan fingerprint density at radius 2 is 2.11 bits per heavy atom. The summed E-state index contributed by atoms with van der Waals surface area (Å²) in [6, 6.07) is 11.7. The van der Waals surface area contributed by atoms with E-state index in [-0.39, 0.29) is 11.9 Å². The number of fused-ring (bicyclic) bond motifs is 1. The van der Waals surface area contributed by atoms with E-state index >= 15 is 0 Å². The zero-order valence-electron chi connectivity index (χ0n) is 15.1. The molecule has 1 aliphatic heterocycles. The molecule has 2 N–H and O–H groups in total. The van der Waals surface area contributed by atoms with Crippen molar-refractivity contribution in [3.63, 3.8) is 0 Å². The Kier molecular flexibility index (Phi) is 4.56. The number of carbonyl (C=O) groups is 2. The van der Waals surface area contributed by atoms with E-state index in [2.05, 4.69) is 10.3 Å². The third-order valence-electron chi connectivity index (χ3n) is 5.95. The first-order valence-electron chi connectivity index (χ1n) is 9.34. The summed E-state index contributed by atoms with van der Waals surface area (Å²) < 4.78 is 0. The van der Waals surface area contributed by atoms with Gasteiger partial charge in [-0.1, -0.05) is 30.7 Å². The number of urea groups is 1. The largest absolute Gasteiger partial charge is 0.481 e. The Bertz CT molecular complexity index is 855. The van der Waals surface area contributed by atoms with E-state index in [9.17, 15) is 14.7 Å². The van der Waals surface area contributed by atoms with Crippen molar-refractivity contribution < 1.29 is 14.7 Å². The highest BCUT2D eigenvalue weighted by Gasteiger charge is 2.55. The van der Waals surface area contributed by atoms with Gasteiger partial charge in [0, 0.05) is 32.0 Å². The second-order valence-corrected chi connectivity index (χ2v) is 7.53. The fourth-order valence-electron chi connectivity index (χ4n) is 4.48. The van der Waals surface area contributed by atoms with Crippen molar-refractivity contribution >= 4 is 12.0 Å². The van der Waals surface area contributed by atoms with Crippen LogP contribution >= 0.6 is 0 Å². The van der Waals surface area contributed by atoms with Crippen LogP contribution in [0.5, 0.6) is 0 Å². The molecule has 6 heteroatoms. The molecule has 0 radical (unpaired) electrons. The van der Waals surface area contributed by atoms with E-state index in [0.717, 1.165) is 29.5 Å². The molecule has 2 atom stereocenters. The minimum atomic E-state index is -0.760. The van der Waals surface area contributed by atoms with Crippen LogP contribution in [0.15, 0.2) is 48.8 Å². The molecule has 1 saturated carbocycles. The van der Waals surface area contributed by atoms with Gasteiger partial charge in [-0.3, -0.25) is 9.78 Å². The minimum Gasteiger partial charge on any atom is -0.481 e. The molecule has 0 bridgehead atoms. The summed E-state index contributed by atoms with van der Waals surface area (Å²) in [6.45, 7) is 1.26. The Morgan fingerprint density at radius 1 is 1.26 bits per heavy atom. The van der Waals surface area contributed by atoms with Crippen LogP contribution in [-0.4, -0.2) is 40.1 Å². The number of aliphatic carboxylic acids is 1. The smallest absolute Gasteiger partial charge is 0.317 e. The highest BCUT2D eigenvalue weighted by molar-refractivity contribution is 5.80. The van der Waals surface area contributed by atoms with Crippen LogP contribution in [0.2, 0.25) is 0 Å². The molecule has 2 heterocycles.